The normalized spacial score (nSPS) is 11.2. The Bertz CT molecular complexity index is 809. The van der Waals surface area contributed by atoms with Gasteiger partial charge in [-0.1, -0.05) is 18.2 Å². The number of benzene rings is 2. The Labute approximate surface area is 145 Å². The van der Waals surface area contributed by atoms with E-state index in [4.69, 9.17) is 0 Å². The molecule has 2 aromatic carbocycles. The summed E-state index contributed by atoms with van der Waals surface area (Å²) in [4.78, 5) is 22.1. The molecule has 1 N–H and O–H groups in total. The van der Waals surface area contributed by atoms with E-state index in [9.17, 15) is 28.1 Å². The number of hydrogen-bond acceptors (Lipinski definition) is 4. The lowest BCUT2D eigenvalue weighted by Gasteiger charge is -2.10. The predicted octanol–water partition coefficient (Wildman–Crippen LogP) is 4.65. The number of nitro groups is 1. The predicted molar refractivity (Wildman–Crippen MR) is 88.6 cm³/mol. The molecule has 0 saturated carbocycles. The average Bonchev–Trinajstić information content (AvgIpc) is 2.54. The van der Waals surface area contributed by atoms with Crippen molar-refractivity contribution in [1.29, 1.82) is 0 Å². The van der Waals surface area contributed by atoms with E-state index in [2.05, 4.69) is 5.32 Å². The van der Waals surface area contributed by atoms with E-state index in [1.807, 2.05) is 19.1 Å². The van der Waals surface area contributed by atoms with Crippen molar-refractivity contribution in [2.24, 2.45) is 0 Å². The first kappa shape index (κ1) is 18.8. The second kappa shape index (κ2) is 7.56. The van der Waals surface area contributed by atoms with Crippen LogP contribution in [0.25, 0.3) is 0 Å². The zero-order valence-corrected chi connectivity index (χ0v) is 13.8. The van der Waals surface area contributed by atoms with Gasteiger partial charge in [0, 0.05) is 11.8 Å². The van der Waals surface area contributed by atoms with Crippen LogP contribution < -0.4 is 5.32 Å². The quantitative estimate of drug-likeness (QED) is 0.472. The summed E-state index contributed by atoms with van der Waals surface area (Å²) in [6.07, 6.45) is -4.67. The van der Waals surface area contributed by atoms with Crippen LogP contribution >= 0.6 is 11.8 Å². The average molecular weight is 370 g/mol. The van der Waals surface area contributed by atoms with Crippen molar-refractivity contribution >= 4 is 29.0 Å². The van der Waals surface area contributed by atoms with E-state index >= 15 is 0 Å². The first-order valence-corrected chi connectivity index (χ1v) is 8.01. The summed E-state index contributed by atoms with van der Waals surface area (Å²) in [6.45, 7) is 1.81. The molecule has 1 amide bonds. The fraction of sp³-hybridized carbons (Fsp3) is 0.188. The highest BCUT2D eigenvalue weighted by Gasteiger charge is 2.33. The second-order valence-electron chi connectivity index (χ2n) is 5.09. The van der Waals surface area contributed by atoms with Gasteiger partial charge in [-0.3, -0.25) is 14.9 Å². The summed E-state index contributed by atoms with van der Waals surface area (Å²) in [6, 6.07) is 9.31. The number of anilines is 1. The number of hydrogen-bond donors (Lipinski definition) is 1. The van der Waals surface area contributed by atoms with Crippen molar-refractivity contribution in [1.82, 2.24) is 0 Å². The molecule has 0 atom stereocenters. The lowest BCUT2D eigenvalue weighted by Crippen LogP contribution is -2.15. The topological polar surface area (TPSA) is 72.2 Å². The number of carbonyl (C=O) groups excluding carboxylic acids is 1. The van der Waals surface area contributed by atoms with Gasteiger partial charge in [0.25, 0.3) is 5.69 Å². The Kier molecular flexibility index (Phi) is 5.68. The highest BCUT2D eigenvalue weighted by molar-refractivity contribution is 8.00. The van der Waals surface area contributed by atoms with E-state index in [0.717, 1.165) is 29.5 Å². The first-order valence-electron chi connectivity index (χ1n) is 7.02. The maximum atomic E-state index is 12.7. The van der Waals surface area contributed by atoms with Crippen molar-refractivity contribution in [3.8, 4) is 0 Å². The standard InChI is InChI=1S/C16H13F3N2O3S/c1-10-4-2-3-5-12(10)20-15(22)9-25-14-7-6-11(16(17,18)19)8-13(14)21(23)24/h2-8H,9H2,1H3,(H,20,22). The molecule has 0 bridgehead atoms. The number of aryl methyl sites for hydroxylation is 1. The molecule has 25 heavy (non-hydrogen) atoms. The van der Waals surface area contributed by atoms with Gasteiger partial charge in [0.05, 0.1) is 21.1 Å². The van der Waals surface area contributed by atoms with Crippen LogP contribution in [0.2, 0.25) is 0 Å². The minimum Gasteiger partial charge on any atom is -0.325 e. The molecule has 2 rings (SSSR count). The van der Waals surface area contributed by atoms with Crippen molar-refractivity contribution in [3.05, 3.63) is 63.7 Å². The molecule has 0 aliphatic rings. The van der Waals surface area contributed by atoms with Gasteiger partial charge in [-0.05, 0) is 30.7 Å². The van der Waals surface area contributed by atoms with Gasteiger partial charge in [0.2, 0.25) is 5.91 Å². The lowest BCUT2D eigenvalue weighted by molar-refractivity contribution is -0.388. The third-order valence-electron chi connectivity index (χ3n) is 3.26. The number of carbonyl (C=O) groups is 1. The van der Waals surface area contributed by atoms with E-state index in [-0.39, 0.29) is 10.6 Å². The summed E-state index contributed by atoms with van der Waals surface area (Å²) >= 11 is 0.807. The Balaban J connectivity index is 2.11. The lowest BCUT2D eigenvalue weighted by atomic mass is 10.2. The molecule has 0 fully saturated rings. The summed E-state index contributed by atoms with van der Waals surface area (Å²) in [7, 11) is 0. The molecule has 0 saturated heterocycles. The maximum absolute atomic E-state index is 12.7. The number of amides is 1. The summed E-state index contributed by atoms with van der Waals surface area (Å²) in [5.74, 6) is -0.575. The third-order valence-corrected chi connectivity index (χ3v) is 4.32. The van der Waals surface area contributed by atoms with Crippen LogP contribution in [0.5, 0.6) is 0 Å². The SMILES string of the molecule is Cc1ccccc1NC(=O)CSc1ccc(C(F)(F)F)cc1[N+](=O)[O-]. The number of halogens is 3. The molecule has 2 aromatic rings. The monoisotopic (exact) mass is 370 g/mol. The Morgan fingerprint density at radius 3 is 2.52 bits per heavy atom. The molecular formula is C16H13F3N2O3S. The van der Waals surface area contributed by atoms with Gasteiger partial charge in [-0.2, -0.15) is 13.2 Å². The van der Waals surface area contributed by atoms with E-state index < -0.39 is 28.3 Å². The van der Waals surface area contributed by atoms with Crippen LogP contribution in [-0.4, -0.2) is 16.6 Å². The number of rotatable bonds is 5. The largest absolute Gasteiger partial charge is 0.416 e. The molecule has 0 aliphatic carbocycles. The van der Waals surface area contributed by atoms with Crippen LogP contribution in [0, 0.1) is 17.0 Å². The molecule has 5 nitrogen and oxygen atoms in total. The van der Waals surface area contributed by atoms with Gasteiger partial charge >= 0.3 is 6.18 Å². The minimum absolute atomic E-state index is 0.00191. The maximum Gasteiger partial charge on any atom is 0.416 e. The number of nitrogens with one attached hydrogen (secondary N) is 1. The molecule has 0 aromatic heterocycles. The fourth-order valence-corrected chi connectivity index (χ4v) is 2.81. The van der Waals surface area contributed by atoms with Gasteiger partial charge in [-0.15, -0.1) is 11.8 Å². The van der Waals surface area contributed by atoms with Crippen LogP contribution in [0.4, 0.5) is 24.5 Å². The van der Waals surface area contributed by atoms with E-state index in [1.165, 1.54) is 0 Å². The number of thioether (sulfide) groups is 1. The van der Waals surface area contributed by atoms with Crippen LogP contribution in [0.1, 0.15) is 11.1 Å². The zero-order valence-electron chi connectivity index (χ0n) is 13.0. The Hall–Kier alpha value is -2.55. The number of nitrogens with zero attached hydrogens (tertiary/aromatic N) is 1. The second-order valence-corrected chi connectivity index (χ2v) is 6.11. The summed E-state index contributed by atoms with van der Waals surface area (Å²) < 4.78 is 38.0. The first-order chi connectivity index (χ1) is 11.7. The molecular weight excluding hydrogens is 357 g/mol. The van der Waals surface area contributed by atoms with Gasteiger partial charge < -0.3 is 5.32 Å². The number of alkyl halides is 3. The number of para-hydroxylation sites is 1. The van der Waals surface area contributed by atoms with Crippen molar-refractivity contribution in [3.63, 3.8) is 0 Å². The molecule has 0 heterocycles. The zero-order chi connectivity index (χ0) is 18.6. The molecule has 0 aliphatic heterocycles. The summed E-state index contributed by atoms with van der Waals surface area (Å²) in [5, 5.41) is 13.7. The van der Waals surface area contributed by atoms with Gasteiger partial charge in [-0.25, -0.2) is 0 Å². The van der Waals surface area contributed by atoms with Crippen molar-refractivity contribution in [2.75, 3.05) is 11.1 Å². The molecule has 9 heteroatoms. The Morgan fingerprint density at radius 2 is 1.92 bits per heavy atom. The van der Waals surface area contributed by atoms with E-state index in [1.54, 1.807) is 12.1 Å². The molecule has 0 radical (unpaired) electrons. The van der Waals surface area contributed by atoms with Gasteiger partial charge in [0.15, 0.2) is 0 Å². The fourth-order valence-electron chi connectivity index (χ4n) is 2.00. The van der Waals surface area contributed by atoms with E-state index in [0.29, 0.717) is 11.8 Å². The third kappa shape index (κ3) is 4.96. The number of nitro benzene ring substituents is 1. The summed E-state index contributed by atoms with van der Waals surface area (Å²) in [5.41, 5.74) is -0.326. The highest BCUT2D eigenvalue weighted by Crippen LogP contribution is 2.36. The van der Waals surface area contributed by atoms with Gasteiger partial charge in [0.1, 0.15) is 0 Å². The highest BCUT2D eigenvalue weighted by atomic mass is 32.2. The minimum atomic E-state index is -4.67. The molecule has 132 valence electrons. The Morgan fingerprint density at radius 1 is 1.24 bits per heavy atom. The van der Waals surface area contributed by atoms with Crippen LogP contribution in [0.3, 0.4) is 0 Å². The smallest absolute Gasteiger partial charge is 0.325 e. The van der Waals surface area contributed by atoms with Crippen molar-refractivity contribution in [2.45, 2.75) is 18.0 Å². The van der Waals surface area contributed by atoms with Crippen LogP contribution in [0.15, 0.2) is 47.4 Å². The van der Waals surface area contributed by atoms with Crippen molar-refractivity contribution < 1.29 is 22.9 Å². The van der Waals surface area contributed by atoms with Crippen LogP contribution in [-0.2, 0) is 11.0 Å². The molecule has 0 spiro atoms. The molecule has 0 unspecified atom stereocenters.